The van der Waals surface area contributed by atoms with Crippen LogP contribution in [0, 0.1) is 41.5 Å². The molecule has 123 heavy (non-hydrogen) atoms. The topological polar surface area (TPSA) is 421 Å². The van der Waals surface area contributed by atoms with E-state index in [0.717, 1.165) is 33.4 Å². The molecule has 0 saturated carbocycles. The van der Waals surface area contributed by atoms with Gasteiger partial charge >= 0.3 is 41.9 Å². The van der Waals surface area contributed by atoms with E-state index in [0.29, 0.717) is 74.7 Å². The summed E-state index contributed by atoms with van der Waals surface area (Å²) in [4.78, 5) is 128. The molecule has 0 unspecified atom stereocenters. The molecule has 8 N–H and O–H groups in total. The molecular formula is C93H84N6O22S2. The molecule has 0 radical (unpaired) electrons. The summed E-state index contributed by atoms with van der Waals surface area (Å²) in [5, 5.41) is 12.3. The van der Waals surface area contributed by atoms with Crippen molar-refractivity contribution in [3.63, 3.8) is 0 Å². The van der Waals surface area contributed by atoms with Gasteiger partial charge in [-0.3, -0.25) is 24.5 Å². The highest BCUT2D eigenvalue weighted by Gasteiger charge is 2.28. The zero-order chi connectivity index (χ0) is 89.5. The monoisotopic (exact) mass is 1700 g/mol. The number of carbonyl (C=O) groups excluding carboxylic acids is 11. The minimum Gasteiger partial charge on any atom is -0.423 e. The smallest absolute Gasteiger partial charge is 0.412 e. The third-order valence-electron chi connectivity index (χ3n) is 16.9. The maximum atomic E-state index is 12.0. The lowest BCUT2D eigenvalue weighted by Gasteiger charge is -2.07. The van der Waals surface area contributed by atoms with Gasteiger partial charge in [0.25, 0.3) is 11.8 Å². The Labute approximate surface area is 709 Å². The number of amides is 5. The summed E-state index contributed by atoms with van der Waals surface area (Å²) in [5.41, 5.74) is 15.0. The number of anilines is 1. The highest BCUT2D eigenvalue weighted by Crippen LogP contribution is 2.25. The van der Waals surface area contributed by atoms with Crippen LogP contribution in [-0.2, 0) is 24.8 Å². The van der Waals surface area contributed by atoms with Crippen LogP contribution in [0.25, 0.3) is 0 Å². The maximum Gasteiger partial charge on any atom is 0.412 e. The molecule has 0 aliphatic carbocycles. The third-order valence-corrected chi connectivity index (χ3v) is 19.3. The van der Waals surface area contributed by atoms with Crippen molar-refractivity contribution in [1.29, 1.82) is 0 Å². The van der Waals surface area contributed by atoms with Crippen molar-refractivity contribution in [3.05, 3.63) is 369 Å². The minimum absolute atomic E-state index is 0.0515. The van der Waals surface area contributed by atoms with Gasteiger partial charge in [-0.15, -0.1) is 0 Å². The van der Waals surface area contributed by atoms with Gasteiger partial charge in [0.2, 0.25) is 31.9 Å². The maximum absolute atomic E-state index is 12.0. The summed E-state index contributed by atoms with van der Waals surface area (Å²) in [6, 6.07) is 76.6. The first kappa shape index (κ1) is 93.1. The highest BCUT2D eigenvalue weighted by molar-refractivity contribution is 7.89. The number of nitrogens with two attached hydrogens (primary N) is 2. The molecule has 0 spiro atoms. The average Bonchev–Trinajstić information content (AvgIpc) is 1.66. The SMILES string of the molecule is CC(=O)Nc1ccc(C(=O)Oc2ccc(C)cc2)cc1.CCNC(=O)Oc1ccc(C(=O)Oc2ccc(C)cc2)cc1.CNS(=O)(=O)c1ccc(C(=O)Oc2ccc(C)cc2)cc1.Cc1ccc(OC(=O)c2ccc(C(N)=O)cc2)cc1.Cc1ccc(OC(=O)c2ccc(S(N)(=O)=O)cc2)cc1.Cc1ccc(OC(=O)c2ccc3c(c2)C(=O)NC3=O)cc1. The van der Waals surface area contributed by atoms with Crippen molar-refractivity contribution in [2.75, 3.05) is 18.9 Å². The van der Waals surface area contributed by atoms with Crippen LogP contribution in [0.3, 0.4) is 0 Å². The predicted molar refractivity (Wildman–Crippen MR) is 457 cm³/mol. The molecule has 0 bridgehead atoms. The standard InChI is InChI=1S/C17H17NO4.C16H11NO4.C16H15NO3.C15H15NO4S.C15H13NO3.C14H13NO4S/c1-3-18-17(20)22-15-10-6-13(7-11-15)16(19)21-14-8-4-12(2)5-9-14;1-9-2-5-11(6-3-9)21-16(20)10-4-7-12-13(8-10)15(19)17-14(12)18;1-11-3-9-15(10-4-11)20-16(19)13-5-7-14(8-6-13)17-12(2)18;1-11-3-7-13(8-4-11)20-15(17)12-5-9-14(10-6-12)21(18,19)16-2;1-10-2-8-13(9-3-10)19-15(18)12-6-4-11(5-7-12)14(16)17;1-10-2-6-12(7-3-10)19-14(16)11-4-8-13(9-5-11)20(15,17)18/h4-11H,3H2,1-2H3,(H,18,20);2-8H,1H3,(H,17,18,19);3-10H,1-2H3,(H,17,18);3-10,16H,1-2H3;2-9H,1H3,(H2,16,17);2-9H,1H3,(H2,15,17,18). The number of aryl methyl sites for hydroxylation is 6. The van der Waals surface area contributed by atoms with Gasteiger partial charge in [-0.2, -0.15) is 0 Å². The number of fused-ring (bicyclic) bond motifs is 1. The first-order valence-electron chi connectivity index (χ1n) is 37.2. The number of sulfonamides is 2. The number of rotatable bonds is 19. The quantitative estimate of drug-likeness (QED) is 0.0249. The lowest BCUT2D eigenvalue weighted by molar-refractivity contribution is -0.114. The molecule has 13 rings (SSSR count). The summed E-state index contributed by atoms with van der Waals surface area (Å²) >= 11 is 0. The number of nitrogens with one attached hydrogen (secondary N) is 4. The summed E-state index contributed by atoms with van der Waals surface area (Å²) in [6.07, 6.45) is -0.530. The van der Waals surface area contributed by atoms with Crippen molar-refractivity contribution in [2.24, 2.45) is 10.9 Å². The summed E-state index contributed by atoms with van der Waals surface area (Å²) in [5.74, 6) is -1.54. The van der Waals surface area contributed by atoms with Gasteiger partial charge in [0, 0.05) is 24.7 Å². The average molecular weight is 1700 g/mol. The molecule has 0 aromatic heterocycles. The lowest BCUT2D eigenvalue weighted by Crippen LogP contribution is -2.26. The molecule has 12 aromatic rings. The third kappa shape index (κ3) is 29.9. The molecule has 630 valence electrons. The van der Waals surface area contributed by atoms with Crippen LogP contribution in [0.15, 0.2) is 295 Å². The van der Waals surface area contributed by atoms with Crippen LogP contribution >= 0.6 is 0 Å². The molecule has 0 fully saturated rings. The number of carbonyl (C=O) groups is 11. The largest absolute Gasteiger partial charge is 0.423 e. The van der Waals surface area contributed by atoms with E-state index in [1.807, 2.05) is 114 Å². The molecular weight excluding hydrogens is 1620 g/mol. The van der Waals surface area contributed by atoms with Crippen molar-refractivity contribution in [2.45, 2.75) is 65.2 Å². The lowest BCUT2D eigenvalue weighted by atomic mass is 10.1. The Morgan fingerprint density at radius 1 is 0.333 bits per heavy atom. The van der Waals surface area contributed by atoms with Crippen LogP contribution in [0.2, 0.25) is 0 Å². The second-order valence-electron chi connectivity index (χ2n) is 26.7. The van der Waals surface area contributed by atoms with Crippen LogP contribution in [0.4, 0.5) is 10.5 Å². The number of benzene rings is 12. The van der Waals surface area contributed by atoms with Gasteiger partial charge in [-0.1, -0.05) is 106 Å². The first-order valence-corrected chi connectivity index (χ1v) is 40.3. The van der Waals surface area contributed by atoms with Gasteiger partial charge in [-0.05, 0) is 268 Å². The van der Waals surface area contributed by atoms with E-state index in [1.54, 1.807) is 128 Å². The molecule has 1 aliphatic heterocycles. The number of primary amides is 1. The van der Waals surface area contributed by atoms with E-state index in [2.05, 4.69) is 20.7 Å². The van der Waals surface area contributed by atoms with E-state index in [4.69, 9.17) is 44.0 Å². The first-order chi connectivity index (χ1) is 58.5. The fraction of sp³-hybridized carbons (Fsp3) is 0.108. The number of hydrogen-bond acceptors (Lipinski definition) is 22. The van der Waals surface area contributed by atoms with Gasteiger partial charge in [0.05, 0.1) is 54.3 Å². The molecule has 30 heteroatoms. The molecule has 1 aliphatic rings. The van der Waals surface area contributed by atoms with E-state index in [-0.39, 0.29) is 43.5 Å². The zero-order valence-electron chi connectivity index (χ0n) is 67.8. The van der Waals surface area contributed by atoms with Crippen LogP contribution in [0.5, 0.6) is 40.2 Å². The Kier molecular flexibility index (Phi) is 33.6. The van der Waals surface area contributed by atoms with Crippen molar-refractivity contribution < 1.29 is 103 Å². The Bertz CT molecular complexity index is 6000. The van der Waals surface area contributed by atoms with E-state index in [1.165, 1.54) is 105 Å². The Balaban J connectivity index is 0.000000183. The molecule has 5 amide bonds. The van der Waals surface area contributed by atoms with Gasteiger partial charge in [0.1, 0.15) is 40.2 Å². The Hall–Kier alpha value is -15.4. The highest BCUT2D eigenvalue weighted by atomic mass is 32.2. The number of ether oxygens (including phenoxy) is 7. The Morgan fingerprint density at radius 3 is 0.878 bits per heavy atom. The number of imide groups is 1. The van der Waals surface area contributed by atoms with Crippen LogP contribution in [0.1, 0.15) is 140 Å². The summed E-state index contributed by atoms with van der Waals surface area (Å²) in [7, 11) is -5.94. The predicted octanol–water partition coefficient (Wildman–Crippen LogP) is 14.9. The molecule has 12 aromatic carbocycles. The molecule has 0 atom stereocenters. The normalized spacial score (nSPS) is 10.8. The van der Waals surface area contributed by atoms with Crippen molar-refractivity contribution in [3.8, 4) is 40.2 Å². The zero-order valence-corrected chi connectivity index (χ0v) is 69.4. The van der Waals surface area contributed by atoms with E-state index >= 15 is 0 Å². The van der Waals surface area contributed by atoms with E-state index < -0.39 is 79.7 Å². The van der Waals surface area contributed by atoms with Gasteiger partial charge in [-0.25, -0.2) is 60.3 Å². The fourth-order valence-electron chi connectivity index (χ4n) is 10.2. The Morgan fingerprint density at radius 2 is 0.585 bits per heavy atom. The second-order valence-corrected chi connectivity index (χ2v) is 30.2. The molecule has 28 nitrogen and oxygen atoms in total. The fourth-order valence-corrected chi connectivity index (χ4v) is 11.5. The number of primary sulfonamides is 1. The summed E-state index contributed by atoms with van der Waals surface area (Å²) < 4.78 is 83.9. The van der Waals surface area contributed by atoms with Crippen molar-refractivity contribution >= 4 is 91.3 Å². The minimum atomic E-state index is -3.76. The number of esters is 6. The number of hydrogen-bond donors (Lipinski definition) is 6. The molecule has 0 saturated heterocycles. The molecule has 1 heterocycles. The van der Waals surface area contributed by atoms with E-state index in [9.17, 15) is 69.6 Å². The van der Waals surface area contributed by atoms with Crippen molar-refractivity contribution in [1.82, 2.24) is 15.4 Å². The van der Waals surface area contributed by atoms with Gasteiger partial charge in [0.15, 0.2) is 0 Å². The van der Waals surface area contributed by atoms with Crippen LogP contribution in [-0.4, -0.2) is 96.0 Å². The second kappa shape index (κ2) is 44.4. The van der Waals surface area contributed by atoms with Crippen LogP contribution < -0.4 is 64.7 Å². The van der Waals surface area contributed by atoms with Gasteiger partial charge < -0.3 is 49.5 Å². The summed E-state index contributed by atoms with van der Waals surface area (Å²) in [6.45, 7) is 15.4.